The van der Waals surface area contributed by atoms with Gasteiger partial charge in [0.25, 0.3) is 5.56 Å². The second-order valence-corrected chi connectivity index (χ2v) is 7.80. The van der Waals surface area contributed by atoms with Gasteiger partial charge in [-0.05, 0) is 35.7 Å². The Kier molecular flexibility index (Phi) is 5.46. The molecule has 8 heteroatoms. The maximum absolute atomic E-state index is 13.3. The fourth-order valence-corrected chi connectivity index (χ4v) is 3.59. The van der Waals surface area contributed by atoms with Gasteiger partial charge in [0.05, 0.1) is 19.1 Å². The minimum absolute atomic E-state index is 0.0927. The Labute approximate surface area is 178 Å². The highest BCUT2D eigenvalue weighted by Crippen LogP contribution is 2.19. The van der Waals surface area contributed by atoms with Gasteiger partial charge >= 0.3 is 5.69 Å². The zero-order valence-corrected chi connectivity index (χ0v) is 17.6. The molecule has 0 aliphatic heterocycles. The number of ether oxygens (including phenoxy) is 1. The quantitative estimate of drug-likeness (QED) is 0.478. The summed E-state index contributed by atoms with van der Waals surface area (Å²) < 4.78 is 23.0. The Balaban J connectivity index is 1.98. The molecule has 0 bridgehead atoms. The number of halogens is 1. The number of aromatic nitrogens is 4. The lowest BCUT2D eigenvalue weighted by Gasteiger charge is -2.14. The van der Waals surface area contributed by atoms with E-state index in [-0.39, 0.29) is 23.9 Å². The van der Waals surface area contributed by atoms with E-state index in [0.29, 0.717) is 23.5 Å². The van der Waals surface area contributed by atoms with Gasteiger partial charge in [-0.15, -0.1) is 0 Å². The average molecular weight is 422 g/mol. The first kappa shape index (κ1) is 20.6. The summed E-state index contributed by atoms with van der Waals surface area (Å²) in [4.78, 5) is 31.1. The molecule has 2 aromatic carbocycles. The van der Waals surface area contributed by atoms with E-state index in [9.17, 15) is 14.0 Å². The van der Waals surface area contributed by atoms with E-state index in [1.54, 1.807) is 48.1 Å². The van der Waals surface area contributed by atoms with Crippen LogP contribution in [0.5, 0.6) is 5.75 Å². The van der Waals surface area contributed by atoms with Gasteiger partial charge in [-0.25, -0.2) is 18.7 Å². The van der Waals surface area contributed by atoms with Gasteiger partial charge in [-0.2, -0.15) is 0 Å². The van der Waals surface area contributed by atoms with Crippen LogP contribution in [0.15, 0.2) is 64.4 Å². The molecule has 0 saturated heterocycles. The first-order valence-electron chi connectivity index (χ1n) is 9.98. The SMILES string of the molecule is COc1cccc(-n2c(=O)n(CC(C)C)c(=O)c3c2ncn3Cc2ccc(F)cc2)c1. The number of methoxy groups -OCH3 is 1. The molecule has 0 fully saturated rings. The summed E-state index contributed by atoms with van der Waals surface area (Å²) in [6, 6.07) is 13.1. The van der Waals surface area contributed by atoms with Crippen LogP contribution in [0.3, 0.4) is 0 Å². The van der Waals surface area contributed by atoms with Crippen LogP contribution in [-0.4, -0.2) is 25.8 Å². The van der Waals surface area contributed by atoms with Crippen molar-refractivity contribution < 1.29 is 9.13 Å². The van der Waals surface area contributed by atoms with Crippen LogP contribution in [-0.2, 0) is 13.1 Å². The van der Waals surface area contributed by atoms with Crippen LogP contribution in [0.25, 0.3) is 16.9 Å². The summed E-state index contributed by atoms with van der Waals surface area (Å²) in [7, 11) is 1.55. The molecule has 4 aromatic rings. The van der Waals surface area contributed by atoms with Crippen molar-refractivity contribution in [3.63, 3.8) is 0 Å². The molecule has 2 heterocycles. The standard InChI is InChI=1S/C23H23FN4O3/c1-15(2)12-27-22(29)20-21(25-14-26(20)13-16-7-9-17(24)10-8-16)28(23(27)30)18-5-4-6-19(11-18)31-3/h4-11,14-15H,12-13H2,1-3H3. The number of hydrogen-bond donors (Lipinski definition) is 0. The maximum Gasteiger partial charge on any atom is 0.337 e. The second kappa shape index (κ2) is 8.22. The molecule has 0 spiro atoms. The Hall–Kier alpha value is -3.68. The van der Waals surface area contributed by atoms with E-state index in [1.807, 2.05) is 13.8 Å². The highest BCUT2D eigenvalue weighted by atomic mass is 19.1. The van der Waals surface area contributed by atoms with Crippen molar-refractivity contribution in [1.82, 2.24) is 18.7 Å². The summed E-state index contributed by atoms with van der Waals surface area (Å²) in [6.45, 7) is 4.49. The summed E-state index contributed by atoms with van der Waals surface area (Å²) in [5.74, 6) is 0.352. The molecule has 0 aliphatic rings. The molecule has 160 valence electrons. The van der Waals surface area contributed by atoms with E-state index >= 15 is 0 Å². The van der Waals surface area contributed by atoms with Crippen LogP contribution >= 0.6 is 0 Å². The van der Waals surface area contributed by atoms with Crippen LogP contribution in [0.1, 0.15) is 19.4 Å². The minimum Gasteiger partial charge on any atom is -0.497 e. The van der Waals surface area contributed by atoms with Crippen molar-refractivity contribution in [1.29, 1.82) is 0 Å². The molecule has 0 aliphatic carbocycles. The fraction of sp³-hybridized carbons (Fsp3) is 0.261. The van der Waals surface area contributed by atoms with E-state index < -0.39 is 11.2 Å². The monoisotopic (exact) mass is 422 g/mol. The smallest absolute Gasteiger partial charge is 0.337 e. The van der Waals surface area contributed by atoms with Crippen molar-refractivity contribution in [3.05, 3.63) is 87.1 Å². The highest BCUT2D eigenvalue weighted by Gasteiger charge is 2.20. The number of imidazole rings is 1. The lowest BCUT2D eigenvalue weighted by molar-refractivity contribution is 0.414. The molecule has 0 unspecified atom stereocenters. The minimum atomic E-state index is -0.452. The van der Waals surface area contributed by atoms with Gasteiger partial charge in [0.1, 0.15) is 11.6 Å². The third-order valence-corrected chi connectivity index (χ3v) is 5.03. The maximum atomic E-state index is 13.3. The van der Waals surface area contributed by atoms with E-state index in [0.717, 1.165) is 5.56 Å². The van der Waals surface area contributed by atoms with Crippen molar-refractivity contribution >= 4 is 11.2 Å². The first-order chi connectivity index (χ1) is 14.9. The molecule has 0 N–H and O–H groups in total. The van der Waals surface area contributed by atoms with Gasteiger partial charge in [-0.3, -0.25) is 9.36 Å². The summed E-state index contributed by atoms with van der Waals surface area (Å²) in [5, 5.41) is 0. The molecule has 31 heavy (non-hydrogen) atoms. The van der Waals surface area contributed by atoms with Crippen molar-refractivity contribution in [2.75, 3.05) is 7.11 Å². The van der Waals surface area contributed by atoms with E-state index in [4.69, 9.17) is 4.74 Å². The van der Waals surface area contributed by atoms with Crippen molar-refractivity contribution in [3.8, 4) is 11.4 Å². The van der Waals surface area contributed by atoms with Gasteiger partial charge < -0.3 is 9.30 Å². The lowest BCUT2D eigenvalue weighted by Crippen LogP contribution is -2.41. The molecule has 4 rings (SSSR count). The topological polar surface area (TPSA) is 71.1 Å². The number of benzene rings is 2. The highest BCUT2D eigenvalue weighted by molar-refractivity contribution is 5.72. The number of nitrogens with zero attached hydrogens (tertiary/aromatic N) is 4. The molecule has 0 saturated carbocycles. The predicted molar refractivity (Wildman–Crippen MR) is 116 cm³/mol. The van der Waals surface area contributed by atoms with E-state index in [1.165, 1.54) is 27.6 Å². The molecular weight excluding hydrogens is 399 g/mol. The summed E-state index contributed by atoms with van der Waals surface area (Å²) >= 11 is 0. The molecule has 7 nitrogen and oxygen atoms in total. The van der Waals surface area contributed by atoms with Crippen LogP contribution < -0.4 is 16.0 Å². The number of rotatable bonds is 6. The zero-order valence-electron chi connectivity index (χ0n) is 17.6. The number of hydrogen-bond acceptors (Lipinski definition) is 4. The Bertz CT molecular complexity index is 1350. The van der Waals surface area contributed by atoms with Gasteiger partial charge in [0.2, 0.25) is 0 Å². The predicted octanol–water partition coefficient (Wildman–Crippen LogP) is 3.20. The molecule has 2 aromatic heterocycles. The fourth-order valence-electron chi connectivity index (χ4n) is 3.59. The zero-order chi connectivity index (χ0) is 22.1. The van der Waals surface area contributed by atoms with Crippen molar-refractivity contribution in [2.24, 2.45) is 5.92 Å². The largest absolute Gasteiger partial charge is 0.497 e. The van der Waals surface area contributed by atoms with Gasteiger partial charge in [0.15, 0.2) is 11.2 Å². The van der Waals surface area contributed by atoms with Crippen molar-refractivity contribution in [2.45, 2.75) is 26.9 Å². The molecule has 0 radical (unpaired) electrons. The Morgan fingerprint density at radius 2 is 1.84 bits per heavy atom. The lowest BCUT2D eigenvalue weighted by atomic mass is 10.2. The Morgan fingerprint density at radius 3 is 2.52 bits per heavy atom. The second-order valence-electron chi connectivity index (χ2n) is 7.80. The molecular formula is C23H23FN4O3. The summed E-state index contributed by atoms with van der Waals surface area (Å²) in [5.41, 5.74) is 1.10. The Morgan fingerprint density at radius 1 is 1.10 bits per heavy atom. The van der Waals surface area contributed by atoms with Gasteiger partial charge in [-0.1, -0.05) is 32.0 Å². The first-order valence-corrected chi connectivity index (χ1v) is 9.98. The van der Waals surface area contributed by atoms with Crippen LogP contribution in [0, 0.1) is 11.7 Å². The van der Waals surface area contributed by atoms with Crippen LogP contribution in [0.4, 0.5) is 4.39 Å². The third-order valence-electron chi connectivity index (χ3n) is 5.03. The normalized spacial score (nSPS) is 11.4. The number of fused-ring (bicyclic) bond motifs is 1. The van der Waals surface area contributed by atoms with Crippen LogP contribution in [0.2, 0.25) is 0 Å². The van der Waals surface area contributed by atoms with E-state index in [2.05, 4.69) is 4.98 Å². The summed E-state index contributed by atoms with van der Waals surface area (Å²) in [6.07, 6.45) is 1.53. The van der Waals surface area contributed by atoms with Gasteiger partial charge in [0, 0.05) is 19.2 Å². The molecule has 0 amide bonds. The third kappa shape index (κ3) is 3.88. The average Bonchev–Trinajstić information content (AvgIpc) is 3.16. The molecule has 0 atom stereocenters.